The molecule has 42 heavy (non-hydrogen) atoms. The van der Waals surface area contributed by atoms with Crippen LogP contribution in [0.15, 0.2) is 66.7 Å². The smallest absolute Gasteiger partial charge is 0.330 e. The number of aromatic hydroxyl groups is 3. The first kappa shape index (κ1) is 28.9. The minimum Gasteiger partial charge on any atom is -0.508 e. The van der Waals surface area contributed by atoms with Crippen LogP contribution in [0.5, 0.6) is 28.7 Å². The van der Waals surface area contributed by atoms with Crippen LogP contribution in [0.1, 0.15) is 34.0 Å². The predicted octanol–water partition coefficient (Wildman–Crippen LogP) is 1.95. The number of phenols is 3. The number of ketones is 1. The lowest BCUT2D eigenvalue weighted by Gasteiger charge is -2.39. The maximum atomic E-state index is 12.6. The molecule has 6 unspecified atom stereocenters. The first-order valence-electron chi connectivity index (χ1n) is 12.9. The Bertz CT molecular complexity index is 1470. The van der Waals surface area contributed by atoms with E-state index in [1.807, 2.05) is 0 Å². The van der Waals surface area contributed by atoms with Gasteiger partial charge in [0.25, 0.3) is 0 Å². The highest BCUT2D eigenvalue weighted by Gasteiger charge is 2.45. The number of carbonyl (C=O) groups excluding carboxylic acids is 2. The Morgan fingerprint density at radius 1 is 0.905 bits per heavy atom. The number of hydrogen-bond donors (Lipinski definition) is 6. The zero-order valence-electron chi connectivity index (χ0n) is 21.9. The zero-order valence-corrected chi connectivity index (χ0v) is 21.9. The van der Waals surface area contributed by atoms with E-state index in [0.717, 1.165) is 12.1 Å². The number of ether oxygens (including phenoxy) is 4. The lowest BCUT2D eigenvalue weighted by atomic mass is 9.95. The van der Waals surface area contributed by atoms with Crippen molar-refractivity contribution in [2.45, 2.75) is 43.2 Å². The summed E-state index contributed by atoms with van der Waals surface area (Å²) in [6.45, 7) is -0.443. The number of Topliss-reactive ketones (excluding diaryl/α,β-unsaturated/α-hetero) is 1. The van der Waals surface area contributed by atoms with Crippen LogP contribution in [-0.2, 0) is 14.3 Å². The Morgan fingerprint density at radius 3 is 2.33 bits per heavy atom. The van der Waals surface area contributed by atoms with Crippen molar-refractivity contribution in [1.29, 1.82) is 0 Å². The van der Waals surface area contributed by atoms with Crippen molar-refractivity contribution in [2.75, 3.05) is 6.61 Å². The van der Waals surface area contributed by atoms with E-state index in [4.69, 9.17) is 18.9 Å². The molecule has 0 amide bonds. The zero-order chi connectivity index (χ0) is 30.0. The summed E-state index contributed by atoms with van der Waals surface area (Å²) >= 11 is 0. The lowest BCUT2D eigenvalue weighted by molar-refractivity contribution is -0.278. The van der Waals surface area contributed by atoms with Gasteiger partial charge in [0.1, 0.15) is 54.4 Å². The van der Waals surface area contributed by atoms with Gasteiger partial charge in [0.05, 0.1) is 12.0 Å². The van der Waals surface area contributed by atoms with Crippen molar-refractivity contribution in [3.8, 4) is 28.7 Å². The molecule has 0 spiro atoms. The number of fused-ring (bicyclic) bond motifs is 1. The molecule has 3 aromatic carbocycles. The van der Waals surface area contributed by atoms with Crippen LogP contribution in [0.2, 0.25) is 0 Å². The van der Waals surface area contributed by atoms with Gasteiger partial charge in [-0.15, -0.1) is 0 Å². The fraction of sp³-hybridized carbons (Fsp3) is 0.267. The van der Waals surface area contributed by atoms with Crippen LogP contribution in [0.25, 0.3) is 6.08 Å². The molecule has 12 heteroatoms. The second-order valence-electron chi connectivity index (χ2n) is 9.83. The molecule has 5 rings (SSSR count). The van der Waals surface area contributed by atoms with Crippen LogP contribution in [-0.4, -0.2) is 79.7 Å². The summed E-state index contributed by atoms with van der Waals surface area (Å²) in [4.78, 5) is 24.7. The number of aliphatic hydroxyl groups excluding tert-OH is 3. The monoisotopic (exact) mass is 580 g/mol. The molecule has 220 valence electrons. The molecule has 12 nitrogen and oxygen atoms in total. The van der Waals surface area contributed by atoms with E-state index < -0.39 is 49.4 Å². The van der Waals surface area contributed by atoms with Gasteiger partial charge < -0.3 is 49.6 Å². The van der Waals surface area contributed by atoms with E-state index in [1.54, 1.807) is 24.3 Å². The Morgan fingerprint density at radius 2 is 1.62 bits per heavy atom. The van der Waals surface area contributed by atoms with Gasteiger partial charge in [0.15, 0.2) is 17.3 Å². The Hall–Kier alpha value is -4.62. The topological polar surface area (TPSA) is 192 Å². The average molecular weight is 581 g/mol. The van der Waals surface area contributed by atoms with Crippen molar-refractivity contribution < 1.29 is 59.2 Å². The highest BCUT2D eigenvalue weighted by atomic mass is 16.7. The number of benzene rings is 3. The second kappa shape index (κ2) is 12.1. The van der Waals surface area contributed by atoms with Gasteiger partial charge in [0, 0.05) is 12.1 Å². The molecular weight excluding hydrogens is 552 g/mol. The minimum atomic E-state index is -1.66. The quantitative estimate of drug-likeness (QED) is 0.176. The molecule has 2 aliphatic rings. The molecule has 0 radical (unpaired) electrons. The van der Waals surface area contributed by atoms with E-state index in [0.29, 0.717) is 11.1 Å². The van der Waals surface area contributed by atoms with Crippen LogP contribution in [0.3, 0.4) is 0 Å². The van der Waals surface area contributed by atoms with Crippen molar-refractivity contribution >= 4 is 17.8 Å². The van der Waals surface area contributed by atoms with Gasteiger partial charge in [-0.1, -0.05) is 24.3 Å². The molecule has 3 aromatic rings. The SMILES string of the molecule is O=C(C=Cc1ccc(O)cc1)OCC1OC(Oc2ccc(C3CC(=O)c4cc(O)cc(O)c4O3)cc2)C(O)C(O)C1O. The molecule has 1 saturated heterocycles. The fourth-order valence-corrected chi connectivity index (χ4v) is 4.59. The van der Waals surface area contributed by atoms with Crippen LogP contribution >= 0.6 is 0 Å². The number of esters is 1. The Labute approximate surface area is 239 Å². The van der Waals surface area contributed by atoms with Crippen LogP contribution < -0.4 is 9.47 Å². The van der Waals surface area contributed by atoms with Crippen LogP contribution in [0.4, 0.5) is 0 Å². The van der Waals surface area contributed by atoms with Crippen molar-refractivity contribution in [3.05, 3.63) is 83.4 Å². The van der Waals surface area contributed by atoms with E-state index in [-0.39, 0.29) is 46.5 Å². The van der Waals surface area contributed by atoms with Gasteiger partial charge in [-0.25, -0.2) is 4.79 Å². The summed E-state index contributed by atoms with van der Waals surface area (Å²) in [6, 6.07) is 14.7. The van der Waals surface area contributed by atoms with Gasteiger partial charge in [-0.2, -0.15) is 0 Å². The van der Waals surface area contributed by atoms with Crippen LogP contribution in [0, 0.1) is 0 Å². The maximum Gasteiger partial charge on any atom is 0.330 e. The molecule has 0 aliphatic carbocycles. The Balaban J connectivity index is 1.20. The summed E-state index contributed by atoms with van der Waals surface area (Å²) in [5.41, 5.74) is 1.31. The van der Waals surface area contributed by atoms with E-state index in [2.05, 4.69) is 0 Å². The third-order valence-electron chi connectivity index (χ3n) is 6.85. The minimum absolute atomic E-state index is 0.0248. The number of phenolic OH excluding ortho intramolecular Hbond substituents is 3. The number of carbonyl (C=O) groups is 2. The van der Waals surface area contributed by atoms with E-state index in [1.165, 1.54) is 36.4 Å². The lowest BCUT2D eigenvalue weighted by Crippen LogP contribution is -2.60. The molecular formula is C30H28O12. The fourth-order valence-electron chi connectivity index (χ4n) is 4.59. The summed E-state index contributed by atoms with van der Waals surface area (Å²) in [7, 11) is 0. The van der Waals surface area contributed by atoms with Gasteiger partial charge in [-0.3, -0.25) is 4.79 Å². The second-order valence-corrected chi connectivity index (χ2v) is 9.83. The standard InChI is InChI=1S/C30H28O12/c31-17-6-1-15(2-7-17)3-10-25(35)39-14-24-26(36)27(37)28(38)30(42-24)40-19-8-4-16(5-9-19)23-13-21(33)20-11-18(32)12-22(34)29(20)41-23/h1-12,23-24,26-28,30-32,34,36-38H,13-14H2. The molecule has 1 fully saturated rings. The highest BCUT2D eigenvalue weighted by Crippen LogP contribution is 2.43. The molecule has 6 N–H and O–H groups in total. The third-order valence-corrected chi connectivity index (χ3v) is 6.85. The number of aliphatic hydroxyl groups is 3. The van der Waals surface area contributed by atoms with Gasteiger partial charge >= 0.3 is 5.97 Å². The first-order chi connectivity index (χ1) is 20.1. The molecule has 0 bridgehead atoms. The van der Waals surface area contributed by atoms with Crippen molar-refractivity contribution in [2.24, 2.45) is 0 Å². The van der Waals surface area contributed by atoms with E-state index in [9.17, 15) is 40.2 Å². The summed E-state index contributed by atoms with van der Waals surface area (Å²) in [5, 5.41) is 60.2. The predicted molar refractivity (Wildman–Crippen MR) is 144 cm³/mol. The Kier molecular flexibility index (Phi) is 8.31. The third kappa shape index (κ3) is 6.31. The number of rotatable bonds is 7. The summed E-state index contributed by atoms with van der Waals surface area (Å²) in [5.74, 6) is -1.41. The normalized spacial score (nSPS) is 25.5. The highest BCUT2D eigenvalue weighted by molar-refractivity contribution is 6.01. The molecule has 6 atom stereocenters. The average Bonchev–Trinajstić information content (AvgIpc) is 2.97. The number of hydrogen-bond acceptors (Lipinski definition) is 12. The molecule has 0 saturated carbocycles. The van der Waals surface area contributed by atoms with Gasteiger partial charge in [-0.05, 0) is 47.5 Å². The summed E-state index contributed by atoms with van der Waals surface area (Å²) in [6.07, 6.45) is -5.63. The van der Waals surface area contributed by atoms with Crippen molar-refractivity contribution in [1.82, 2.24) is 0 Å². The van der Waals surface area contributed by atoms with Crippen molar-refractivity contribution in [3.63, 3.8) is 0 Å². The van der Waals surface area contributed by atoms with Gasteiger partial charge in [0.2, 0.25) is 6.29 Å². The molecule has 2 aliphatic heterocycles. The largest absolute Gasteiger partial charge is 0.508 e. The maximum absolute atomic E-state index is 12.6. The molecule has 2 heterocycles. The first-order valence-corrected chi connectivity index (χ1v) is 12.9. The summed E-state index contributed by atoms with van der Waals surface area (Å²) < 4.78 is 22.2. The van der Waals surface area contributed by atoms with E-state index >= 15 is 0 Å². The molecule has 0 aromatic heterocycles.